The third-order valence-electron chi connectivity index (χ3n) is 3.81. The second kappa shape index (κ2) is 7.01. The smallest absolute Gasteiger partial charge is 0.256 e. The van der Waals surface area contributed by atoms with Gasteiger partial charge in [-0.15, -0.1) is 0 Å². The number of halogens is 2. The molecule has 0 atom stereocenters. The highest BCUT2D eigenvalue weighted by atomic mass is 127. The summed E-state index contributed by atoms with van der Waals surface area (Å²) in [7, 11) is 0. The maximum Gasteiger partial charge on any atom is 0.256 e. The molecule has 0 aliphatic carbocycles. The molecule has 116 valence electrons. The molecule has 0 saturated heterocycles. The number of nitrogens with one attached hydrogen (secondary N) is 1. The van der Waals surface area contributed by atoms with Crippen LogP contribution in [-0.4, -0.2) is 5.91 Å². The van der Waals surface area contributed by atoms with Crippen molar-refractivity contribution in [3.05, 3.63) is 73.8 Å². The molecule has 1 amide bonds. The van der Waals surface area contributed by atoms with E-state index in [0.717, 1.165) is 32.9 Å². The van der Waals surface area contributed by atoms with Gasteiger partial charge < -0.3 is 5.32 Å². The van der Waals surface area contributed by atoms with E-state index >= 15 is 0 Å². The highest BCUT2D eigenvalue weighted by Gasteiger charge is 2.12. The Bertz CT molecular complexity index is 892. The van der Waals surface area contributed by atoms with Crippen LogP contribution in [0.2, 0.25) is 0 Å². The molecule has 0 aliphatic rings. The number of fused-ring (bicyclic) bond motifs is 1. The number of aryl methyl sites for hydroxylation is 1. The Morgan fingerprint density at radius 1 is 1.09 bits per heavy atom. The molecule has 1 N–H and O–H groups in total. The third-order valence-corrected chi connectivity index (χ3v) is 5.17. The van der Waals surface area contributed by atoms with E-state index in [9.17, 15) is 4.79 Å². The lowest BCUT2D eigenvalue weighted by Crippen LogP contribution is -2.13. The van der Waals surface area contributed by atoms with Crippen LogP contribution in [0.15, 0.2) is 59.1 Å². The van der Waals surface area contributed by atoms with Crippen molar-refractivity contribution in [3.63, 3.8) is 0 Å². The van der Waals surface area contributed by atoms with Crippen LogP contribution < -0.4 is 5.32 Å². The Morgan fingerprint density at radius 2 is 1.83 bits per heavy atom. The number of anilines is 1. The molecule has 2 nitrogen and oxygen atoms in total. The van der Waals surface area contributed by atoms with Gasteiger partial charge in [0.1, 0.15) is 0 Å². The van der Waals surface area contributed by atoms with Gasteiger partial charge >= 0.3 is 0 Å². The fourth-order valence-electron chi connectivity index (χ4n) is 2.64. The Labute approximate surface area is 157 Å². The minimum Gasteiger partial charge on any atom is -0.322 e. The second-order valence-corrected chi connectivity index (χ2v) is 7.35. The number of hydrogen-bond donors (Lipinski definition) is 1. The largest absolute Gasteiger partial charge is 0.322 e. The summed E-state index contributed by atoms with van der Waals surface area (Å²) in [5.41, 5.74) is 2.71. The number of benzene rings is 3. The van der Waals surface area contributed by atoms with E-state index < -0.39 is 0 Å². The van der Waals surface area contributed by atoms with E-state index in [4.69, 9.17) is 0 Å². The predicted molar refractivity (Wildman–Crippen MR) is 108 cm³/mol. The SMILES string of the molecule is CCc1cc(I)ccc1NC(=O)c1cccc2c(Br)cccc12. The van der Waals surface area contributed by atoms with Crippen molar-refractivity contribution >= 4 is 60.9 Å². The highest BCUT2D eigenvalue weighted by molar-refractivity contribution is 14.1. The first-order chi connectivity index (χ1) is 11.1. The van der Waals surface area contributed by atoms with Gasteiger partial charge in [0, 0.05) is 19.3 Å². The molecular formula is C19H15BrINO. The summed E-state index contributed by atoms with van der Waals surface area (Å²) in [4.78, 5) is 12.8. The van der Waals surface area contributed by atoms with Crippen molar-refractivity contribution in [2.24, 2.45) is 0 Å². The molecule has 4 heteroatoms. The molecule has 0 spiro atoms. The van der Waals surface area contributed by atoms with Gasteiger partial charge in [-0.2, -0.15) is 0 Å². The Morgan fingerprint density at radius 3 is 2.61 bits per heavy atom. The zero-order chi connectivity index (χ0) is 16.4. The van der Waals surface area contributed by atoms with Gasteiger partial charge in [0.05, 0.1) is 0 Å². The zero-order valence-electron chi connectivity index (χ0n) is 12.6. The number of carbonyl (C=O) groups excluding carboxylic acids is 1. The van der Waals surface area contributed by atoms with Gasteiger partial charge in [0.2, 0.25) is 0 Å². The summed E-state index contributed by atoms with van der Waals surface area (Å²) in [6, 6.07) is 17.8. The summed E-state index contributed by atoms with van der Waals surface area (Å²) in [5.74, 6) is -0.0791. The van der Waals surface area contributed by atoms with E-state index in [2.05, 4.69) is 56.8 Å². The first kappa shape index (κ1) is 16.5. The minimum absolute atomic E-state index is 0.0791. The maximum absolute atomic E-state index is 12.8. The van der Waals surface area contributed by atoms with Crippen molar-refractivity contribution in [1.29, 1.82) is 0 Å². The van der Waals surface area contributed by atoms with Crippen LogP contribution >= 0.6 is 38.5 Å². The van der Waals surface area contributed by atoms with Gasteiger partial charge in [0.15, 0.2) is 0 Å². The lowest BCUT2D eigenvalue weighted by molar-refractivity contribution is 0.102. The summed E-state index contributed by atoms with van der Waals surface area (Å²) in [6.45, 7) is 2.09. The van der Waals surface area contributed by atoms with Crippen LogP contribution in [0.1, 0.15) is 22.8 Å². The van der Waals surface area contributed by atoms with E-state index in [1.54, 1.807) is 0 Å². The van der Waals surface area contributed by atoms with E-state index in [-0.39, 0.29) is 5.91 Å². The van der Waals surface area contributed by atoms with E-state index in [0.29, 0.717) is 5.56 Å². The topological polar surface area (TPSA) is 29.1 Å². The van der Waals surface area contributed by atoms with Crippen molar-refractivity contribution in [2.75, 3.05) is 5.32 Å². The number of carbonyl (C=O) groups is 1. The molecule has 23 heavy (non-hydrogen) atoms. The monoisotopic (exact) mass is 479 g/mol. The standard InChI is InChI=1S/C19H15BrINO/c1-2-12-11-13(21)9-10-18(12)22-19(23)16-7-3-6-15-14(16)5-4-8-17(15)20/h3-11H,2H2,1H3,(H,22,23). The normalized spacial score (nSPS) is 10.7. The molecule has 0 unspecified atom stereocenters. The fourth-order valence-corrected chi connectivity index (χ4v) is 3.69. The van der Waals surface area contributed by atoms with Crippen LogP contribution in [0.5, 0.6) is 0 Å². The second-order valence-electron chi connectivity index (χ2n) is 5.25. The van der Waals surface area contributed by atoms with Gasteiger partial charge in [-0.25, -0.2) is 0 Å². The first-order valence-electron chi connectivity index (χ1n) is 7.37. The average molecular weight is 480 g/mol. The van der Waals surface area contributed by atoms with E-state index in [1.807, 2.05) is 48.5 Å². The Hall–Kier alpha value is -1.40. The van der Waals surface area contributed by atoms with Crippen molar-refractivity contribution in [3.8, 4) is 0 Å². The molecule has 0 aromatic heterocycles. The summed E-state index contributed by atoms with van der Waals surface area (Å²) >= 11 is 5.83. The van der Waals surface area contributed by atoms with Crippen LogP contribution in [0.4, 0.5) is 5.69 Å². The summed E-state index contributed by atoms with van der Waals surface area (Å²) in [6.07, 6.45) is 0.882. The lowest BCUT2D eigenvalue weighted by Gasteiger charge is -2.12. The van der Waals surface area contributed by atoms with Crippen LogP contribution in [0, 0.1) is 3.57 Å². The van der Waals surface area contributed by atoms with Crippen molar-refractivity contribution in [1.82, 2.24) is 0 Å². The van der Waals surface area contributed by atoms with Gasteiger partial charge in [-0.05, 0) is 75.7 Å². The summed E-state index contributed by atoms with van der Waals surface area (Å²) < 4.78 is 2.17. The molecular weight excluding hydrogens is 465 g/mol. The van der Waals surface area contributed by atoms with Crippen LogP contribution in [-0.2, 0) is 6.42 Å². The molecule has 0 aliphatic heterocycles. The zero-order valence-corrected chi connectivity index (χ0v) is 16.3. The average Bonchev–Trinajstić information content (AvgIpc) is 2.56. The molecule has 3 rings (SSSR count). The minimum atomic E-state index is -0.0791. The van der Waals surface area contributed by atoms with Crippen LogP contribution in [0.25, 0.3) is 10.8 Å². The molecule has 0 bridgehead atoms. The molecule has 0 heterocycles. The first-order valence-corrected chi connectivity index (χ1v) is 9.24. The lowest BCUT2D eigenvalue weighted by atomic mass is 10.0. The Kier molecular flexibility index (Phi) is 5.02. The number of amides is 1. The van der Waals surface area contributed by atoms with Crippen LogP contribution in [0.3, 0.4) is 0 Å². The molecule has 0 saturated carbocycles. The quantitative estimate of drug-likeness (QED) is 0.457. The maximum atomic E-state index is 12.8. The molecule has 3 aromatic carbocycles. The number of rotatable bonds is 3. The third kappa shape index (κ3) is 3.43. The molecule has 3 aromatic rings. The Balaban J connectivity index is 2.00. The summed E-state index contributed by atoms with van der Waals surface area (Å²) in [5, 5.41) is 5.05. The van der Waals surface area contributed by atoms with E-state index in [1.165, 1.54) is 3.57 Å². The van der Waals surface area contributed by atoms with Gasteiger partial charge in [-0.1, -0.05) is 47.1 Å². The fraction of sp³-hybridized carbons (Fsp3) is 0.105. The number of hydrogen-bond acceptors (Lipinski definition) is 1. The highest BCUT2D eigenvalue weighted by Crippen LogP contribution is 2.27. The van der Waals surface area contributed by atoms with Crippen molar-refractivity contribution in [2.45, 2.75) is 13.3 Å². The van der Waals surface area contributed by atoms with Gasteiger partial charge in [0.25, 0.3) is 5.91 Å². The molecule has 0 fully saturated rings. The predicted octanol–water partition coefficient (Wildman–Crippen LogP) is 6.02. The van der Waals surface area contributed by atoms with Crippen molar-refractivity contribution < 1.29 is 4.79 Å². The van der Waals surface area contributed by atoms with Gasteiger partial charge in [-0.3, -0.25) is 4.79 Å². The molecule has 0 radical (unpaired) electrons.